The Morgan fingerprint density at radius 3 is 2.57 bits per heavy atom. The molecule has 21 heavy (non-hydrogen) atoms. The molecule has 0 amide bonds. The zero-order valence-electron chi connectivity index (χ0n) is 10.9. The first-order valence-electron chi connectivity index (χ1n) is 5.84. The van der Waals surface area contributed by atoms with E-state index in [4.69, 9.17) is 9.84 Å². The SMILES string of the molecule is Cc1ccc(Oc2cc(C(=O)O)ccc2[N+](=O)[O-])cc1F. The molecular weight excluding hydrogens is 281 g/mol. The fourth-order valence-electron chi connectivity index (χ4n) is 1.64. The fourth-order valence-corrected chi connectivity index (χ4v) is 1.64. The average molecular weight is 291 g/mol. The molecule has 7 heteroatoms. The number of rotatable bonds is 4. The number of aromatic carboxylic acids is 1. The van der Waals surface area contributed by atoms with Gasteiger partial charge in [-0.1, -0.05) is 6.07 Å². The molecule has 2 aromatic rings. The van der Waals surface area contributed by atoms with Gasteiger partial charge < -0.3 is 9.84 Å². The largest absolute Gasteiger partial charge is 0.478 e. The highest BCUT2D eigenvalue weighted by atomic mass is 19.1. The Kier molecular flexibility index (Phi) is 3.84. The summed E-state index contributed by atoms with van der Waals surface area (Å²) in [4.78, 5) is 21.1. The van der Waals surface area contributed by atoms with Gasteiger partial charge in [-0.25, -0.2) is 9.18 Å². The number of aryl methyl sites for hydroxylation is 1. The summed E-state index contributed by atoms with van der Waals surface area (Å²) in [6, 6.07) is 7.13. The third-order valence-corrected chi connectivity index (χ3v) is 2.77. The van der Waals surface area contributed by atoms with Crippen molar-refractivity contribution in [3.63, 3.8) is 0 Å². The molecule has 6 nitrogen and oxygen atoms in total. The number of nitro groups is 1. The number of nitro benzene ring substituents is 1. The molecule has 0 saturated carbocycles. The summed E-state index contributed by atoms with van der Waals surface area (Å²) < 4.78 is 18.7. The van der Waals surface area contributed by atoms with Gasteiger partial charge in [0.25, 0.3) is 0 Å². The van der Waals surface area contributed by atoms with Gasteiger partial charge in [0.05, 0.1) is 10.5 Å². The third kappa shape index (κ3) is 3.14. The van der Waals surface area contributed by atoms with E-state index in [2.05, 4.69) is 0 Å². The van der Waals surface area contributed by atoms with Crippen molar-refractivity contribution in [3.8, 4) is 11.5 Å². The highest BCUT2D eigenvalue weighted by molar-refractivity contribution is 5.88. The Labute approximate surface area is 118 Å². The minimum absolute atomic E-state index is 0.0451. The van der Waals surface area contributed by atoms with Gasteiger partial charge in [-0.05, 0) is 24.6 Å². The lowest BCUT2D eigenvalue weighted by atomic mass is 10.2. The van der Waals surface area contributed by atoms with Crippen LogP contribution >= 0.6 is 0 Å². The topological polar surface area (TPSA) is 89.7 Å². The van der Waals surface area contributed by atoms with E-state index in [-0.39, 0.29) is 17.1 Å². The first-order chi connectivity index (χ1) is 9.88. The lowest BCUT2D eigenvalue weighted by Gasteiger charge is -2.08. The number of benzene rings is 2. The number of carbonyl (C=O) groups is 1. The van der Waals surface area contributed by atoms with Crippen molar-refractivity contribution in [1.29, 1.82) is 0 Å². The highest BCUT2D eigenvalue weighted by Crippen LogP contribution is 2.32. The van der Waals surface area contributed by atoms with Crippen molar-refractivity contribution >= 4 is 11.7 Å². The lowest BCUT2D eigenvalue weighted by molar-refractivity contribution is -0.385. The van der Waals surface area contributed by atoms with Crippen LogP contribution in [0.2, 0.25) is 0 Å². The van der Waals surface area contributed by atoms with Crippen LogP contribution in [0.15, 0.2) is 36.4 Å². The third-order valence-electron chi connectivity index (χ3n) is 2.77. The van der Waals surface area contributed by atoms with Crippen molar-refractivity contribution in [2.75, 3.05) is 0 Å². The Morgan fingerprint density at radius 1 is 1.29 bits per heavy atom. The van der Waals surface area contributed by atoms with Gasteiger partial charge in [-0.3, -0.25) is 10.1 Å². The van der Waals surface area contributed by atoms with E-state index in [1.807, 2.05) is 0 Å². The maximum absolute atomic E-state index is 13.4. The molecule has 0 spiro atoms. The molecule has 2 aromatic carbocycles. The molecule has 0 atom stereocenters. The van der Waals surface area contributed by atoms with E-state index >= 15 is 0 Å². The van der Waals surface area contributed by atoms with Crippen LogP contribution in [0.25, 0.3) is 0 Å². The summed E-state index contributed by atoms with van der Waals surface area (Å²) in [5.74, 6) is -1.98. The second-order valence-electron chi connectivity index (χ2n) is 4.26. The van der Waals surface area contributed by atoms with Gasteiger partial charge in [-0.15, -0.1) is 0 Å². The molecule has 0 bridgehead atoms. The van der Waals surface area contributed by atoms with Crippen LogP contribution in [0.5, 0.6) is 11.5 Å². The summed E-state index contributed by atoms with van der Waals surface area (Å²) in [6.45, 7) is 1.56. The standard InChI is InChI=1S/C14H10FNO5/c1-8-2-4-10(7-11(8)15)21-13-6-9(14(17)18)3-5-12(13)16(19)20/h2-7H,1H3,(H,17,18). The summed E-state index contributed by atoms with van der Waals surface area (Å²) in [7, 11) is 0. The van der Waals surface area contributed by atoms with Crippen LogP contribution in [-0.4, -0.2) is 16.0 Å². The maximum Gasteiger partial charge on any atom is 0.335 e. The zero-order valence-corrected chi connectivity index (χ0v) is 10.9. The Bertz CT molecular complexity index is 729. The summed E-state index contributed by atoms with van der Waals surface area (Å²) in [5.41, 5.74) is -0.166. The van der Waals surface area contributed by atoms with E-state index in [9.17, 15) is 19.3 Å². The van der Waals surface area contributed by atoms with Crippen LogP contribution < -0.4 is 4.74 Å². The van der Waals surface area contributed by atoms with Crippen molar-refractivity contribution in [3.05, 3.63) is 63.5 Å². The van der Waals surface area contributed by atoms with Gasteiger partial charge in [0.1, 0.15) is 11.6 Å². The predicted octanol–water partition coefficient (Wildman–Crippen LogP) is 3.53. The predicted molar refractivity (Wildman–Crippen MR) is 71.3 cm³/mol. The first-order valence-corrected chi connectivity index (χ1v) is 5.84. The number of hydrogen-bond acceptors (Lipinski definition) is 4. The van der Waals surface area contributed by atoms with E-state index in [1.165, 1.54) is 12.1 Å². The summed E-state index contributed by atoms with van der Waals surface area (Å²) >= 11 is 0. The molecule has 0 radical (unpaired) electrons. The normalized spacial score (nSPS) is 10.2. The molecule has 0 aliphatic carbocycles. The van der Waals surface area contributed by atoms with Crippen molar-refractivity contribution in [1.82, 2.24) is 0 Å². The summed E-state index contributed by atoms with van der Waals surface area (Å²) in [5, 5.41) is 19.8. The lowest BCUT2D eigenvalue weighted by Crippen LogP contribution is -2.00. The van der Waals surface area contributed by atoms with E-state index in [1.54, 1.807) is 6.92 Å². The van der Waals surface area contributed by atoms with Crippen LogP contribution in [0.1, 0.15) is 15.9 Å². The second kappa shape index (κ2) is 5.58. The Balaban J connectivity index is 2.45. The van der Waals surface area contributed by atoms with Gasteiger partial charge in [-0.2, -0.15) is 0 Å². The van der Waals surface area contributed by atoms with Crippen LogP contribution in [-0.2, 0) is 0 Å². The number of carboxylic acids is 1. The molecule has 0 saturated heterocycles. The fraction of sp³-hybridized carbons (Fsp3) is 0.0714. The smallest absolute Gasteiger partial charge is 0.335 e. The van der Waals surface area contributed by atoms with Gasteiger partial charge in [0.15, 0.2) is 0 Å². The summed E-state index contributed by atoms with van der Waals surface area (Å²) in [6.07, 6.45) is 0. The van der Waals surface area contributed by atoms with Crippen molar-refractivity contribution in [2.24, 2.45) is 0 Å². The van der Waals surface area contributed by atoms with E-state index in [0.717, 1.165) is 24.3 Å². The van der Waals surface area contributed by atoms with E-state index in [0.29, 0.717) is 5.56 Å². The molecule has 2 rings (SSSR count). The molecule has 108 valence electrons. The molecular formula is C14H10FNO5. The first kappa shape index (κ1) is 14.4. The number of carboxylic acid groups (broad SMARTS) is 1. The van der Waals surface area contributed by atoms with Gasteiger partial charge >= 0.3 is 11.7 Å². The Morgan fingerprint density at radius 2 is 2.00 bits per heavy atom. The van der Waals surface area contributed by atoms with E-state index < -0.39 is 22.4 Å². The second-order valence-corrected chi connectivity index (χ2v) is 4.26. The zero-order chi connectivity index (χ0) is 15.6. The minimum Gasteiger partial charge on any atom is -0.478 e. The number of nitrogens with zero attached hydrogens (tertiary/aromatic N) is 1. The van der Waals surface area contributed by atoms with Gasteiger partial charge in [0.2, 0.25) is 5.75 Å². The number of hydrogen-bond donors (Lipinski definition) is 1. The van der Waals surface area contributed by atoms with Crippen LogP contribution in [0, 0.1) is 22.9 Å². The molecule has 0 fully saturated rings. The number of halogens is 1. The molecule has 1 N–H and O–H groups in total. The van der Waals surface area contributed by atoms with Gasteiger partial charge in [0, 0.05) is 18.2 Å². The quantitative estimate of drug-likeness (QED) is 0.687. The van der Waals surface area contributed by atoms with Crippen molar-refractivity contribution in [2.45, 2.75) is 6.92 Å². The van der Waals surface area contributed by atoms with Crippen LogP contribution in [0.3, 0.4) is 0 Å². The Hall–Kier alpha value is -2.96. The average Bonchev–Trinajstić information content (AvgIpc) is 2.42. The highest BCUT2D eigenvalue weighted by Gasteiger charge is 2.19. The van der Waals surface area contributed by atoms with Crippen molar-refractivity contribution < 1.29 is 24.0 Å². The minimum atomic E-state index is -1.25. The molecule has 0 aliphatic heterocycles. The monoisotopic (exact) mass is 291 g/mol. The maximum atomic E-state index is 13.4. The molecule has 0 unspecified atom stereocenters. The van der Waals surface area contributed by atoms with Crippen LogP contribution in [0.4, 0.5) is 10.1 Å². The number of ether oxygens (including phenoxy) is 1. The molecule has 0 aliphatic rings. The molecule has 0 aromatic heterocycles. The molecule has 0 heterocycles.